The van der Waals surface area contributed by atoms with E-state index in [4.69, 9.17) is 0 Å². The summed E-state index contributed by atoms with van der Waals surface area (Å²) in [5.74, 6) is 0. The fourth-order valence-electron chi connectivity index (χ4n) is 1.50. The largest absolute Gasteiger partial charge is 0.287 e. The lowest BCUT2D eigenvalue weighted by Gasteiger charge is -1.99. The van der Waals surface area contributed by atoms with E-state index < -0.39 is 0 Å². The fourth-order valence-corrected chi connectivity index (χ4v) is 1.78. The minimum atomic E-state index is 0.146. The molecular weight excluding hydrogens is 240 g/mol. The predicted octanol–water partition coefficient (Wildman–Crippen LogP) is 4.64. The molecule has 0 aromatic rings. The number of unbranched alkanes of at least 4 members (excludes halogenated alkanes) is 8. The molecule has 0 heterocycles. The van der Waals surface area contributed by atoms with Crippen molar-refractivity contribution in [2.45, 2.75) is 64.2 Å². The Morgan fingerprint density at radius 1 is 0.857 bits per heavy atom. The van der Waals surface area contributed by atoms with Crippen LogP contribution in [0.4, 0.5) is 0 Å². The lowest BCUT2D eigenvalue weighted by Crippen LogP contribution is -1.86. The van der Waals surface area contributed by atoms with Gasteiger partial charge in [0.05, 0.1) is 13.3 Å². The molecule has 0 atom stereocenters. The number of rotatable bonds is 10. The topological polar surface area (TPSA) is 17.1 Å². The van der Waals surface area contributed by atoms with Gasteiger partial charge >= 0.3 is 0 Å². The molecule has 0 aliphatic rings. The van der Waals surface area contributed by atoms with Crippen molar-refractivity contribution in [1.82, 2.24) is 0 Å². The summed E-state index contributed by atoms with van der Waals surface area (Å²) >= 11 is 2.94. The van der Waals surface area contributed by atoms with E-state index in [2.05, 4.69) is 22.9 Å². The van der Waals surface area contributed by atoms with Crippen LogP contribution in [0.3, 0.4) is 0 Å². The van der Waals surface area contributed by atoms with Crippen LogP contribution in [0.1, 0.15) is 64.2 Å². The van der Waals surface area contributed by atoms with Crippen LogP contribution in [0.25, 0.3) is 0 Å². The van der Waals surface area contributed by atoms with Crippen LogP contribution >= 0.6 is 15.9 Å². The molecule has 2 heteroatoms. The molecule has 0 rings (SSSR count). The molecule has 0 amide bonds. The molecule has 0 aliphatic carbocycles. The van der Waals surface area contributed by atoms with Gasteiger partial charge in [-0.1, -0.05) is 32.1 Å². The first-order chi connectivity index (χ1) is 6.77. The molecule has 0 aromatic heterocycles. The van der Waals surface area contributed by atoms with Gasteiger partial charge in [0.15, 0.2) is 4.69 Å². The van der Waals surface area contributed by atoms with Crippen molar-refractivity contribution in [2.24, 2.45) is 0 Å². The summed E-state index contributed by atoms with van der Waals surface area (Å²) in [6.07, 6.45) is 11.9. The molecular formula is C12H22BrO+. The fraction of sp³-hybridized carbons (Fsp3) is 0.833. The second-order valence-electron chi connectivity index (χ2n) is 3.79. The summed E-state index contributed by atoms with van der Waals surface area (Å²) in [5.41, 5.74) is 0. The molecule has 14 heavy (non-hydrogen) atoms. The van der Waals surface area contributed by atoms with Gasteiger partial charge < -0.3 is 0 Å². The minimum Gasteiger partial charge on any atom is -0.287 e. The molecule has 0 radical (unpaired) electrons. The Morgan fingerprint density at radius 2 is 1.29 bits per heavy atom. The first-order valence-corrected chi connectivity index (χ1v) is 6.54. The molecule has 0 fully saturated rings. The molecule has 82 valence electrons. The summed E-state index contributed by atoms with van der Waals surface area (Å²) < 4.78 is 0.146. The smallest absolute Gasteiger partial charge is 0.197 e. The third kappa shape index (κ3) is 12.0. The molecule has 0 saturated carbocycles. The maximum atomic E-state index is 10.6. The SMILES string of the molecule is [CH2+]CCCCCCCCCCC(=O)Br. The first kappa shape index (κ1) is 14.0. The Morgan fingerprint density at radius 3 is 1.71 bits per heavy atom. The monoisotopic (exact) mass is 261 g/mol. The number of hydrogen-bond acceptors (Lipinski definition) is 1. The number of carbonyl (C=O) groups is 1. The average molecular weight is 262 g/mol. The van der Waals surface area contributed by atoms with E-state index in [9.17, 15) is 4.79 Å². The Bertz CT molecular complexity index is 134. The Hall–Kier alpha value is 0.0200. The van der Waals surface area contributed by atoms with Gasteiger partial charge in [-0.15, -0.1) is 0 Å². The van der Waals surface area contributed by atoms with Crippen molar-refractivity contribution >= 4 is 20.6 Å². The van der Waals surface area contributed by atoms with Gasteiger partial charge in [0.1, 0.15) is 0 Å². The normalized spacial score (nSPS) is 10.4. The highest BCUT2D eigenvalue weighted by molar-refractivity contribution is 9.18. The molecule has 0 aromatic carbocycles. The molecule has 0 bridgehead atoms. The van der Waals surface area contributed by atoms with E-state index in [-0.39, 0.29) is 4.69 Å². The summed E-state index contributed by atoms with van der Waals surface area (Å²) in [6.45, 7) is 3.82. The van der Waals surface area contributed by atoms with E-state index >= 15 is 0 Å². The van der Waals surface area contributed by atoms with Crippen LogP contribution in [0.5, 0.6) is 0 Å². The molecule has 0 spiro atoms. The molecule has 1 nitrogen and oxygen atoms in total. The molecule has 0 N–H and O–H groups in total. The average Bonchev–Trinajstić information content (AvgIpc) is 2.15. The van der Waals surface area contributed by atoms with Crippen LogP contribution in [-0.4, -0.2) is 4.69 Å². The van der Waals surface area contributed by atoms with Crippen molar-refractivity contribution in [2.75, 3.05) is 0 Å². The van der Waals surface area contributed by atoms with E-state index in [1.807, 2.05) is 0 Å². The Labute approximate surface area is 96.8 Å². The van der Waals surface area contributed by atoms with Crippen molar-refractivity contribution < 1.29 is 4.79 Å². The van der Waals surface area contributed by atoms with Crippen molar-refractivity contribution in [3.05, 3.63) is 6.92 Å². The molecule has 0 aliphatic heterocycles. The van der Waals surface area contributed by atoms with Gasteiger partial charge in [0.2, 0.25) is 0 Å². The Kier molecular flexibility index (Phi) is 11.1. The van der Waals surface area contributed by atoms with Crippen molar-refractivity contribution in [3.8, 4) is 0 Å². The lowest BCUT2D eigenvalue weighted by atomic mass is 10.1. The highest BCUT2D eigenvalue weighted by Crippen LogP contribution is 2.11. The molecule has 0 unspecified atom stereocenters. The second kappa shape index (κ2) is 11.1. The van der Waals surface area contributed by atoms with Gasteiger partial charge in [-0.25, -0.2) is 0 Å². The third-order valence-electron chi connectivity index (χ3n) is 2.37. The highest BCUT2D eigenvalue weighted by atomic mass is 79.9. The van der Waals surface area contributed by atoms with E-state index in [0.717, 1.165) is 12.8 Å². The molecule has 0 saturated heterocycles. The number of hydrogen-bond donors (Lipinski definition) is 0. The standard InChI is InChI=1S/C12H22BrO/c1-2-3-4-5-6-7-8-9-10-11-12(13)14/h1-11H2/q+1. The van der Waals surface area contributed by atoms with Gasteiger partial charge in [0, 0.05) is 6.42 Å². The summed E-state index contributed by atoms with van der Waals surface area (Å²) in [4.78, 5) is 10.6. The number of halogens is 1. The minimum absolute atomic E-state index is 0.146. The van der Waals surface area contributed by atoms with E-state index in [1.54, 1.807) is 0 Å². The van der Waals surface area contributed by atoms with Crippen molar-refractivity contribution in [1.29, 1.82) is 0 Å². The van der Waals surface area contributed by atoms with Crippen molar-refractivity contribution in [3.63, 3.8) is 0 Å². The van der Waals surface area contributed by atoms with Gasteiger partial charge in [-0.05, 0) is 35.2 Å². The van der Waals surface area contributed by atoms with Crippen LogP contribution in [0, 0.1) is 6.92 Å². The predicted molar refractivity (Wildman–Crippen MR) is 65.5 cm³/mol. The lowest BCUT2D eigenvalue weighted by molar-refractivity contribution is -0.110. The van der Waals surface area contributed by atoms with Crippen LogP contribution < -0.4 is 0 Å². The van der Waals surface area contributed by atoms with Gasteiger partial charge in [-0.3, -0.25) is 4.79 Å². The third-order valence-corrected chi connectivity index (χ3v) is 2.77. The van der Waals surface area contributed by atoms with E-state index in [0.29, 0.717) is 6.42 Å². The maximum absolute atomic E-state index is 10.6. The van der Waals surface area contributed by atoms with Crippen LogP contribution in [0.15, 0.2) is 0 Å². The summed E-state index contributed by atoms with van der Waals surface area (Å²) in [7, 11) is 0. The summed E-state index contributed by atoms with van der Waals surface area (Å²) in [6, 6.07) is 0. The zero-order valence-corrected chi connectivity index (χ0v) is 10.7. The Balaban J connectivity index is 2.88. The highest BCUT2D eigenvalue weighted by Gasteiger charge is 1.95. The quantitative estimate of drug-likeness (QED) is 0.318. The van der Waals surface area contributed by atoms with Gasteiger partial charge in [0.25, 0.3) is 0 Å². The maximum Gasteiger partial charge on any atom is 0.197 e. The van der Waals surface area contributed by atoms with Gasteiger partial charge in [-0.2, -0.15) is 0 Å². The second-order valence-corrected chi connectivity index (χ2v) is 4.67. The van der Waals surface area contributed by atoms with Crippen LogP contribution in [-0.2, 0) is 4.79 Å². The number of carbonyl (C=O) groups excluding carboxylic acids is 1. The first-order valence-electron chi connectivity index (χ1n) is 5.75. The summed E-state index contributed by atoms with van der Waals surface area (Å²) in [5, 5.41) is 0. The zero-order chi connectivity index (χ0) is 10.6. The zero-order valence-electron chi connectivity index (χ0n) is 9.06. The van der Waals surface area contributed by atoms with Crippen LogP contribution in [0.2, 0.25) is 0 Å². The van der Waals surface area contributed by atoms with E-state index in [1.165, 1.54) is 44.9 Å².